The molecule has 4 atom stereocenters. The first-order valence-corrected chi connectivity index (χ1v) is 4.57. The van der Waals surface area contributed by atoms with Crippen LogP contribution in [0, 0.1) is 0 Å². The quantitative estimate of drug-likeness (QED) is 0.439. The first kappa shape index (κ1) is 10.2. The van der Waals surface area contributed by atoms with Gasteiger partial charge < -0.3 is 15.3 Å². The fourth-order valence-electron chi connectivity index (χ4n) is 2.39. The Kier molecular flexibility index (Phi) is 2.08. The Morgan fingerprint density at radius 1 is 1.36 bits per heavy atom. The first-order chi connectivity index (χ1) is 6.44. The molecule has 6 heteroatoms. The number of hydrogen-bond donors (Lipinski definition) is 4. The molecule has 2 heterocycles. The summed E-state index contributed by atoms with van der Waals surface area (Å²) in [7, 11) is 0. The Labute approximate surface area is 79.5 Å². The van der Waals surface area contributed by atoms with Crippen molar-refractivity contribution in [1.29, 1.82) is 0 Å². The number of nitrogens with one attached hydrogen (secondary N) is 1. The summed E-state index contributed by atoms with van der Waals surface area (Å²) in [5.74, 6) is -3.19. The van der Waals surface area contributed by atoms with E-state index in [0.717, 1.165) is 0 Å². The Balaban J connectivity index is 2.39. The molecule has 0 spiro atoms. The van der Waals surface area contributed by atoms with E-state index in [1.54, 1.807) is 0 Å². The Bertz CT molecular complexity index is 251. The summed E-state index contributed by atoms with van der Waals surface area (Å²) >= 11 is 0. The second-order valence-electron chi connectivity index (χ2n) is 4.06. The van der Waals surface area contributed by atoms with Gasteiger partial charge in [-0.15, -0.1) is 0 Å². The largest absolute Gasteiger partial charge is 0.394 e. The Morgan fingerprint density at radius 3 is 2.50 bits per heavy atom. The van der Waals surface area contributed by atoms with Crippen LogP contribution in [0.15, 0.2) is 0 Å². The van der Waals surface area contributed by atoms with Gasteiger partial charge in [0, 0.05) is 12.5 Å². The molecule has 4 N–H and O–H groups in total. The standard InChI is InChI=1S/C8H13F2NO3/c9-8(10)2-1-4-5(13)6(14)7(8,3-12)11-4/h4-6,11-14H,1-3H2/t4-,5-,6+,7-/m0/s1. The molecule has 4 nitrogen and oxygen atoms in total. The van der Waals surface area contributed by atoms with E-state index < -0.39 is 42.7 Å². The van der Waals surface area contributed by atoms with Crippen LogP contribution in [0.4, 0.5) is 8.78 Å². The van der Waals surface area contributed by atoms with Crippen molar-refractivity contribution in [2.75, 3.05) is 6.61 Å². The second kappa shape index (κ2) is 2.85. The monoisotopic (exact) mass is 209 g/mol. The summed E-state index contributed by atoms with van der Waals surface area (Å²) in [5.41, 5.74) is -2.06. The average Bonchev–Trinajstić information content (AvgIpc) is 2.36. The van der Waals surface area contributed by atoms with Crippen LogP contribution < -0.4 is 5.32 Å². The fourth-order valence-corrected chi connectivity index (χ4v) is 2.39. The summed E-state index contributed by atoms with van der Waals surface area (Å²) in [6, 6.07) is -0.545. The molecule has 2 saturated heterocycles. The van der Waals surface area contributed by atoms with E-state index in [-0.39, 0.29) is 6.42 Å². The smallest absolute Gasteiger partial charge is 0.270 e. The molecule has 0 saturated carbocycles. The number of halogens is 2. The Hall–Kier alpha value is -0.300. The lowest BCUT2D eigenvalue weighted by Gasteiger charge is -2.41. The highest BCUT2D eigenvalue weighted by molar-refractivity contribution is 5.19. The molecule has 2 fully saturated rings. The van der Waals surface area contributed by atoms with Gasteiger partial charge in [-0.3, -0.25) is 5.32 Å². The van der Waals surface area contributed by atoms with Crippen LogP contribution in [-0.4, -0.2) is 51.6 Å². The van der Waals surface area contributed by atoms with Crippen LogP contribution in [0.2, 0.25) is 0 Å². The molecule has 0 amide bonds. The van der Waals surface area contributed by atoms with Crippen molar-refractivity contribution in [3.8, 4) is 0 Å². The van der Waals surface area contributed by atoms with E-state index >= 15 is 0 Å². The van der Waals surface area contributed by atoms with Crippen LogP contribution >= 0.6 is 0 Å². The van der Waals surface area contributed by atoms with Gasteiger partial charge in [-0.2, -0.15) is 0 Å². The molecular weight excluding hydrogens is 196 g/mol. The third-order valence-electron chi connectivity index (χ3n) is 3.36. The van der Waals surface area contributed by atoms with Gasteiger partial charge in [0.15, 0.2) is 0 Å². The van der Waals surface area contributed by atoms with Crippen molar-refractivity contribution in [2.45, 2.75) is 42.6 Å². The highest BCUT2D eigenvalue weighted by Gasteiger charge is 2.67. The number of aliphatic hydroxyl groups excluding tert-OH is 3. The maximum absolute atomic E-state index is 13.5. The lowest BCUT2D eigenvalue weighted by atomic mass is 9.85. The predicted molar refractivity (Wildman–Crippen MR) is 42.9 cm³/mol. The minimum Gasteiger partial charge on any atom is -0.394 e. The number of aliphatic hydroxyl groups is 3. The first-order valence-electron chi connectivity index (χ1n) is 4.57. The highest BCUT2D eigenvalue weighted by Crippen LogP contribution is 2.46. The topological polar surface area (TPSA) is 72.7 Å². The molecule has 2 aliphatic rings. The van der Waals surface area contributed by atoms with E-state index in [2.05, 4.69) is 5.32 Å². The van der Waals surface area contributed by atoms with Gasteiger partial charge in [0.25, 0.3) is 5.92 Å². The van der Waals surface area contributed by atoms with E-state index in [9.17, 15) is 19.0 Å². The lowest BCUT2D eigenvalue weighted by molar-refractivity contribution is -0.157. The molecule has 0 unspecified atom stereocenters. The number of piperidine rings is 1. The molecule has 2 bridgehead atoms. The van der Waals surface area contributed by atoms with E-state index in [4.69, 9.17) is 5.11 Å². The van der Waals surface area contributed by atoms with Gasteiger partial charge >= 0.3 is 0 Å². The number of fused-ring (bicyclic) bond motifs is 2. The Morgan fingerprint density at radius 2 is 2.00 bits per heavy atom. The summed E-state index contributed by atoms with van der Waals surface area (Å²) < 4.78 is 27.0. The summed E-state index contributed by atoms with van der Waals surface area (Å²) in [4.78, 5) is 0. The van der Waals surface area contributed by atoms with E-state index in [1.807, 2.05) is 0 Å². The third kappa shape index (κ3) is 0.995. The van der Waals surface area contributed by atoms with E-state index in [1.165, 1.54) is 0 Å². The number of rotatable bonds is 1. The summed E-state index contributed by atoms with van der Waals surface area (Å²) in [6.07, 6.45) is -3.16. The van der Waals surface area contributed by atoms with Crippen LogP contribution in [0.3, 0.4) is 0 Å². The molecule has 0 aliphatic carbocycles. The SMILES string of the molecule is OC[C@@]12N[C@@H](CCC1(F)F)[C@H](O)[C@H]2O. The maximum Gasteiger partial charge on any atom is 0.270 e. The molecule has 0 aromatic carbocycles. The number of alkyl halides is 2. The third-order valence-corrected chi connectivity index (χ3v) is 3.36. The second-order valence-corrected chi connectivity index (χ2v) is 4.06. The van der Waals surface area contributed by atoms with Crippen molar-refractivity contribution < 1.29 is 24.1 Å². The van der Waals surface area contributed by atoms with Gasteiger partial charge in [0.2, 0.25) is 0 Å². The zero-order valence-corrected chi connectivity index (χ0v) is 7.45. The lowest BCUT2D eigenvalue weighted by Crippen LogP contribution is -2.66. The van der Waals surface area contributed by atoms with Gasteiger partial charge in [-0.25, -0.2) is 8.78 Å². The molecule has 82 valence electrons. The predicted octanol–water partition coefficient (Wildman–Crippen LogP) is -1.16. The molecule has 14 heavy (non-hydrogen) atoms. The zero-order chi connectivity index (χ0) is 10.6. The molecule has 2 rings (SSSR count). The number of hydrogen-bond acceptors (Lipinski definition) is 4. The van der Waals surface area contributed by atoms with Crippen LogP contribution in [-0.2, 0) is 0 Å². The summed E-state index contributed by atoms with van der Waals surface area (Å²) in [5, 5.41) is 30.4. The van der Waals surface area contributed by atoms with Gasteiger partial charge in [-0.05, 0) is 6.42 Å². The van der Waals surface area contributed by atoms with Crippen molar-refractivity contribution in [2.24, 2.45) is 0 Å². The molecular formula is C8H13F2NO3. The fraction of sp³-hybridized carbons (Fsp3) is 1.00. The molecule has 0 aromatic rings. The van der Waals surface area contributed by atoms with Crippen LogP contribution in [0.5, 0.6) is 0 Å². The highest BCUT2D eigenvalue weighted by atomic mass is 19.3. The normalized spacial score (nSPS) is 50.8. The van der Waals surface area contributed by atoms with Crippen molar-refractivity contribution in [3.63, 3.8) is 0 Å². The minimum absolute atomic E-state index is 0.104. The van der Waals surface area contributed by atoms with Gasteiger partial charge in [0.05, 0.1) is 12.7 Å². The van der Waals surface area contributed by atoms with Crippen molar-refractivity contribution in [1.82, 2.24) is 5.32 Å². The molecule has 0 radical (unpaired) electrons. The van der Waals surface area contributed by atoms with Crippen molar-refractivity contribution >= 4 is 0 Å². The average molecular weight is 209 g/mol. The van der Waals surface area contributed by atoms with Gasteiger partial charge in [-0.1, -0.05) is 0 Å². The van der Waals surface area contributed by atoms with Crippen LogP contribution in [0.1, 0.15) is 12.8 Å². The van der Waals surface area contributed by atoms with E-state index in [0.29, 0.717) is 0 Å². The van der Waals surface area contributed by atoms with Crippen LogP contribution in [0.25, 0.3) is 0 Å². The zero-order valence-electron chi connectivity index (χ0n) is 7.45. The van der Waals surface area contributed by atoms with Gasteiger partial charge in [0.1, 0.15) is 11.6 Å². The molecule has 0 aromatic heterocycles. The maximum atomic E-state index is 13.5. The van der Waals surface area contributed by atoms with Crippen molar-refractivity contribution in [3.05, 3.63) is 0 Å². The minimum atomic E-state index is -3.19. The molecule has 2 aliphatic heterocycles. The summed E-state index contributed by atoms with van der Waals surface area (Å²) in [6.45, 7) is -0.880.